The standard InChI is InChI=1S/C20H27F3N4O/c21-20(22,23)17-6-5-15(13-25-17)27-11-7-16(18(27)14-3-1-4-14)19(28)26-10-2-8-24-9-12-26/h5-6,13-14,16,18,24H,1-4,7-12H2. The topological polar surface area (TPSA) is 48.5 Å². The van der Waals surface area contributed by atoms with Crippen LogP contribution in [0.5, 0.6) is 0 Å². The molecular formula is C20H27F3N4O. The lowest BCUT2D eigenvalue weighted by molar-refractivity contribution is -0.141. The Morgan fingerprint density at radius 2 is 1.89 bits per heavy atom. The number of pyridine rings is 1. The number of carbonyl (C=O) groups is 1. The van der Waals surface area contributed by atoms with E-state index < -0.39 is 11.9 Å². The van der Waals surface area contributed by atoms with Gasteiger partial charge in [-0.3, -0.25) is 4.79 Å². The van der Waals surface area contributed by atoms with E-state index >= 15 is 0 Å². The van der Waals surface area contributed by atoms with Crippen molar-refractivity contribution in [2.75, 3.05) is 37.6 Å². The van der Waals surface area contributed by atoms with Crippen molar-refractivity contribution >= 4 is 11.6 Å². The van der Waals surface area contributed by atoms with Gasteiger partial charge in [-0.05, 0) is 50.3 Å². The molecular weight excluding hydrogens is 369 g/mol. The van der Waals surface area contributed by atoms with Gasteiger partial charge in [-0.15, -0.1) is 0 Å². The predicted octanol–water partition coefficient (Wildman–Crippen LogP) is 2.92. The lowest BCUT2D eigenvalue weighted by Crippen LogP contribution is -2.48. The lowest BCUT2D eigenvalue weighted by atomic mass is 9.75. The van der Waals surface area contributed by atoms with E-state index in [1.165, 1.54) is 12.3 Å². The minimum atomic E-state index is -4.43. The fourth-order valence-corrected chi connectivity index (χ4v) is 4.77. The fraction of sp³-hybridized carbons (Fsp3) is 0.700. The second kappa shape index (κ2) is 7.89. The summed E-state index contributed by atoms with van der Waals surface area (Å²) in [5.41, 5.74) is -0.182. The van der Waals surface area contributed by atoms with E-state index in [2.05, 4.69) is 15.2 Å². The van der Waals surface area contributed by atoms with Crippen LogP contribution in [0.3, 0.4) is 0 Å². The third-order valence-electron chi connectivity index (χ3n) is 6.42. The summed E-state index contributed by atoms with van der Waals surface area (Å²) in [6, 6.07) is 2.61. The number of hydrogen-bond acceptors (Lipinski definition) is 4. The highest BCUT2D eigenvalue weighted by molar-refractivity contribution is 5.81. The van der Waals surface area contributed by atoms with Gasteiger partial charge in [-0.2, -0.15) is 13.2 Å². The van der Waals surface area contributed by atoms with Crippen LogP contribution in [0.2, 0.25) is 0 Å². The first-order chi connectivity index (χ1) is 13.4. The molecule has 154 valence electrons. The molecule has 8 heteroatoms. The molecule has 1 aromatic rings. The minimum Gasteiger partial charge on any atom is -0.366 e. The Balaban J connectivity index is 1.54. The van der Waals surface area contributed by atoms with Crippen LogP contribution in [-0.2, 0) is 11.0 Å². The van der Waals surface area contributed by atoms with Crippen molar-refractivity contribution in [3.63, 3.8) is 0 Å². The molecule has 0 bridgehead atoms. The molecule has 0 spiro atoms. The first-order valence-electron chi connectivity index (χ1n) is 10.2. The maximum Gasteiger partial charge on any atom is 0.433 e. The maximum atomic E-state index is 13.3. The molecule has 4 rings (SSSR count). The molecule has 2 saturated heterocycles. The van der Waals surface area contributed by atoms with Crippen molar-refractivity contribution in [2.45, 2.75) is 44.3 Å². The van der Waals surface area contributed by atoms with Gasteiger partial charge in [0.05, 0.1) is 17.8 Å². The first kappa shape index (κ1) is 19.5. The van der Waals surface area contributed by atoms with Gasteiger partial charge in [0, 0.05) is 32.2 Å². The van der Waals surface area contributed by atoms with E-state index in [1.807, 2.05) is 4.90 Å². The van der Waals surface area contributed by atoms with Crippen molar-refractivity contribution in [3.8, 4) is 0 Å². The molecule has 0 aromatic carbocycles. The first-order valence-corrected chi connectivity index (χ1v) is 10.2. The van der Waals surface area contributed by atoms with Gasteiger partial charge in [0.15, 0.2) is 0 Å². The summed E-state index contributed by atoms with van der Waals surface area (Å²) in [5.74, 6) is 0.567. The molecule has 3 heterocycles. The molecule has 1 aromatic heterocycles. The van der Waals surface area contributed by atoms with Gasteiger partial charge in [-0.25, -0.2) is 4.98 Å². The molecule has 2 aliphatic heterocycles. The molecule has 5 nitrogen and oxygen atoms in total. The van der Waals surface area contributed by atoms with Gasteiger partial charge < -0.3 is 15.1 Å². The smallest absolute Gasteiger partial charge is 0.366 e. The van der Waals surface area contributed by atoms with Gasteiger partial charge in [-0.1, -0.05) is 6.42 Å². The zero-order chi connectivity index (χ0) is 19.7. The van der Waals surface area contributed by atoms with Gasteiger partial charge in [0.25, 0.3) is 0 Å². The van der Waals surface area contributed by atoms with Crippen molar-refractivity contribution in [1.82, 2.24) is 15.2 Å². The maximum absolute atomic E-state index is 13.3. The quantitative estimate of drug-likeness (QED) is 0.854. The van der Waals surface area contributed by atoms with Gasteiger partial charge in [0.2, 0.25) is 5.91 Å². The van der Waals surface area contributed by atoms with Gasteiger partial charge in [0.1, 0.15) is 5.69 Å². The molecule has 2 atom stereocenters. The Morgan fingerprint density at radius 3 is 2.54 bits per heavy atom. The Kier molecular flexibility index (Phi) is 5.49. The largest absolute Gasteiger partial charge is 0.433 e. The third-order valence-corrected chi connectivity index (χ3v) is 6.42. The Bertz CT molecular complexity index is 682. The molecule has 2 unspecified atom stereocenters. The summed E-state index contributed by atoms with van der Waals surface area (Å²) < 4.78 is 38.5. The van der Waals surface area contributed by atoms with Crippen LogP contribution < -0.4 is 10.2 Å². The highest BCUT2D eigenvalue weighted by Gasteiger charge is 2.46. The highest BCUT2D eigenvalue weighted by Crippen LogP contribution is 2.43. The number of nitrogens with one attached hydrogen (secondary N) is 1. The Hall–Kier alpha value is -1.83. The van der Waals surface area contributed by atoms with E-state index in [1.54, 1.807) is 0 Å². The van der Waals surface area contributed by atoms with Crippen molar-refractivity contribution in [1.29, 1.82) is 0 Å². The Labute approximate surface area is 163 Å². The van der Waals surface area contributed by atoms with Crippen LogP contribution in [0.4, 0.5) is 18.9 Å². The van der Waals surface area contributed by atoms with Crippen molar-refractivity contribution in [2.24, 2.45) is 11.8 Å². The van der Waals surface area contributed by atoms with Crippen LogP contribution >= 0.6 is 0 Å². The van der Waals surface area contributed by atoms with E-state index in [9.17, 15) is 18.0 Å². The van der Waals surface area contributed by atoms with Gasteiger partial charge >= 0.3 is 6.18 Å². The third kappa shape index (κ3) is 3.83. The number of amides is 1. The number of anilines is 1. The van der Waals surface area contributed by atoms with Crippen LogP contribution in [0.15, 0.2) is 18.3 Å². The highest BCUT2D eigenvalue weighted by atomic mass is 19.4. The predicted molar refractivity (Wildman–Crippen MR) is 99.9 cm³/mol. The second-order valence-corrected chi connectivity index (χ2v) is 8.10. The normalized spacial score (nSPS) is 26.8. The SMILES string of the molecule is O=C(C1CCN(c2ccc(C(F)(F)F)nc2)C1C1CCC1)N1CCCNCC1. The number of carbonyl (C=O) groups excluding carboxylic acids is 1. The second-order valence-electron chi connectivity index (χ2n) is 8.10. The Morgan fingerprint density at radius 1 is 1.07 bits per heavy atom. The summed E-state index contributed by atoms with van der Waals surface area (Å²) in [6.07, 6.45) is 1.92. The molecule has 28 heavy (non-hydrogen) atoms. The fourth-order valence-electron chi connectivity index (χ4n) is 4.77. The molecule has 1 amide bonds. The number of alkyl halides is 3. The molecule has 3 fully saturated rings. The lowest BCUT2D eigenvalue weighted by Gasteiger charge is -2.41. The van der Waals surface area contributed by atoms with Crippen molar-refractivity contribution in [3.05, 3.63) is 24.0 Å². The van der Waals surface area contributed by atoms with E-state index in [4.69, 9.17) is 0 Å². The molecule has 1 aliphatic carbocycles. The minimum absolute atomic E-state index is 0.0657. The summed E-state index contributed by atoms with van der Waals surface area (Å²) in [5, 5.41) is 3.33. The number of aromatic nitrogens is 1. The average Bonchev–Trinajstić information content (AvgIpc) is 2.86. The van der Waals surface area contributed by atoms with Crippen LogP contribution in [0.25, 0.3) is 0 Å². The van der Waals surface area contributed by atoms with Crippen LogP contribution in [0.1, 0.15) is 37.8 Å². The summed E-state index contributed by atoms with van der Waals surface area (Å²) >= 11 is 0. The monoisotopic (exact) mass is 396 g/mol. The number of rotatable bonds is 3. The molecule has 1 N–H and O–H groups in total. The molecule has 0 radical (unpaired) electrons. The summed E-state index contributed by atoms with van der Waals surface area (Å²) in [7, 11) is 0. The summed E-state index contributed by atoms with van der Waals surface area (Å²) in [4.78, 5) is 21.0. The van der Waals surface area contributed by atoms with Crippen LogP contribution in [-0.4, -0.2) is 54.6 Å². The number of halogens is 3. The molecule has 1 saturated carbocycles. The summed E-state index contributed by atoms with van der Waals surface area (Å²) in [6.45, 7) is 3.95. The zero-order valence-electron chi connectivity index (χ0n) is 15.9. The van der Waals surface area contributed by atoms with Crippen molar-refractivity contribution < 1.29 is 18.0 Å². The number of nitrogens with zero attached hydrogens (tertiary/aromatic N) is 3. The average molecular weight is 396 g/mol. The van der Waals surface area contributed by atoms with Crippen LogP contribution in [0, 0.1) is 11.8 Å². The van der Waals surface area contributed by atoms with E-state index in [-0.39, 0.29) is 17.9 Å². The van der Waals surface area contributed by atoms with E-state index in [0.29, 0.717) is 18.2 Å². The number of hydrogen-bond donors (Lipinski definition) is 1. The van der Waals surface area contributed by atoms with E-state index in [0.717, 1.165) is 64.3 Å². The zero-order valence-corrected chi connectivity index (χ0v) is 15.9. The molecule has 3 aliphatic rings.